The number of aliphatic hydroxyl groups excluding tert-OH is 1. The van der Waals surface area contributed by atoms with Crippen LogP contribution >= 0.6 is 0 Å². The Balaban J connectivity index is 2.55. The van der Waals surface area contributed by atoms with Gasteiger partial charge >= 0.3 is 0 Å². The van der Waals surface area contributed by atoms with Gasteiger partial charge in [0.05, 0.1) is 6.10 Å². The molecule has 3 unspecified atom stereocenters. The third-order valence-corrected chi connectivity index (χ3v) is 4.12. The van der Waals surface area contributed by atoms with Gasteiger partial charge in [-0.25, -0.2) is 0 Å². The highest BCUT2D eigenvalue weighted by atomic mass is 16.3. The number of rotatable bonds is 8. The predicted octanol–water partition coefficient (Wildman–Crippen LogP) is 4.26. The summed E-state index contributed by atoms with van der Waals surface area (Å²) < 4.78 is 0. The minimum atomic E-state index is -0.437. The van der Waals surface area contributed by atoms with Gasteiger partial charge in [0.15, 0.2) is 0 Å². The lowest BCUT2D eigenvalue weighted by Gasteiger charge is -2.22. The molecule has 1 rings (SSSR count). The van der Waals surface area contributed by atoms with Crippen LogP contribution in [-0.4, -0.2) is 17.7 Å². The third-order valence-electron chi connectivity index (χ3n) is 4.12. The summed E-state index contributed by atoms with van der Waals surface area (Å²) in [5.41, 5.74) is 2.35. The summed E-state index contributed by atoms with van der Waals surface area (Å²) in [5.74, 6) is 1.28. The molecule has 0 heterocycles. The van der Waals surface area contributed by atoms with Crippen LogP contribution in [0.2, 0.25) is 0 Å². The Morgan fingerprint density at radius 1 is 1.00 bits per heavy atom. The summed E-state index contributed by atoms with van der Waals surface area (Å²) in [5, 5.41) is 13.8. The first-order valence-corrected chi connectivity index (χ1v) is 7.97. The van der Waals surface area contributed by atoms with Crippen LogP contribution in [-0.2, 0) is 0 Å². The van der Waals surface area contributed by atoms with Crippen LogP contribution in [0.25, 0.3) is 0 Å². The van der Waals surface area contributed by atoms with E-state index in [1.807, 2.05) is 6.92 Å². The molecular weight excluding hydrogens is 246 g/mol. The minimum absolute atomic E-state index is 0.0863. The monoisotopic (exact) mass is 277 g/mol. The lowest BCUT2D eigenvalue weighted by atomic mass is 9.95. The molecule has 114 valence electrons. The summed E-state index contributed by atoms with van der Waals surface area (Å²) in [6, 6.07) is 8.50. The average molecular weight is 277 g/mol. The minimum Gasteiger partial charge on any atom is -0.387 e. The van der Waals surface area contributed by atoms with Crippen molar-refractivity contribution in [2.24, 2.45) is 5.92 Å². The van der Waals surface area contributed by atoms with Gasteiger partial charge in [-0.15, -0.1) is 0 Å². The largest absolute Gasteiger partial charge is 0.387 e. The fourth-order valence-electron chi connectivity index (χ4n) is 2.26. The molecule has 0 amide bonds. The molecule has 0 aromatic heterocycles. The molecule has 2 heteroatoms. The van der Waals surface area contributed by atoms with Gasteiger partial charge in [-0.1, -0.05) is 52.0 Å². The zero-order chi connectivity index (χ0) is 15.1. The summed E-state index contributed by atoms with van der Waals surface area (Å²) in [6.45, 7) is 11.9. The molecule has 0 radical (unpaired) electrons. The maximum absolute atomic E-state index is 10.4. The molecule has 0 aliphatic heterocycles. The standard InChI is InChI=1S/C18H31NO/c1-6-14(4)16-7-9-17(10-8-16)18(20)15(5)19-12-11-13(2)3/h7-10,13-15,18-20H,6,11-12H2,1-5H3. The van der Waals surface area contributed by atoms with Crippen molar-refractivity contribution in [3.8, 4) is 0 Å². The molecule has 20 heavy (non-hydrogen) atoms. The topological polar surface area (TPSA) is 32.3 Å². The van der Waals surface area contributed by atoms with E-state index in [1.165, 1.54) is 5.56 Å². The Hall–Kier alpha value is -0.860. The highest BCUT2D eigenvalue weighted by Crippen LogP contribution is 2.22. The van der Waals surface area contributed by atoms with E-state index in [1.54, 1.807) is 0 Å². The van der Waals surface area contributed by atoms with E-state index in [9.17, 15) is 5.11 Å². The lowest BCUT2D eigenvalue weighted by molar-refractivity contribution is 0.135. The van der Waals surface area contributed by atoms with Gasteiger partial charge < -0.3 is 10.4 Å². The number of benzene rings is 1. The zero-order valence-electron chi connectivity index (χ0n) is 13.7. The molecule has 0 saturated carbocycles. The molecule has 2 nitrogen and oxygen atoms in total. The Labute approximate surface area is 124 Å². The SMILES string of the molecule is CCC(C)c1ccc(C(O)C(C)NCCC(C)C)cc1. The van der Waals surface area contributed by atoms with Gasteiger partial charge in [0, 0.05) is 6.04 Å². The number of hydrogen-bond donors (Lipinski definition) is 2. The molecule has 3 atom stereocenters. The summed E-state index contributed by atoms with van der Waals surface area (Å²) in [6.07, 6.45) is 1.85. The van der Waals surface area contributed by atoms with Crippen molar-refractivity contribution in [2.75, 3.05) is 6.54 Å². The first kappa shape index (κ1) is 17.2. The van der Waals surface area contributed by atoms with Crippen molar-refractivity contribution >= 4 is 0 Å². The molecule has 0 bridgehead atoms. The smallest absolute Gasteiger partial charge is 0.0940 e. The van der Waals surface area contributed by atoms with Crippen LogP contribution in [0, 0.1) is 5.92 Å². The Morgan fingerprint density at radius 3 is 2.05 bits per heavy atom. The van der Waals surface area contributed by atoms with Crippen molar-refractivity contribution in [3.05, 3.63) is 35.4 Å². The van der Waals surface area contributed by atoms with Crippen molar-refractivity contribution in [1.82, 2.24) is 5.32 Å². The highest BCUT2D eigenvalue weighted by Gasteiger charge is 2.16. The molecule has 1 aromatic rings. The van der Waals surface area contributed by atoms with Crippen molar-refractivity contribution in [3.63, 3.8) is 0 Å². The first-order chi connectivity index (χ1) is 9.45. The van der Waals surface area contributed by atoms with Gasteiger partial charge in [-0.3, -0.25) is 0 Å². The zero-order valence-corrected chi connectivity index (χ0v) is 13.7. The highest BCUT2D eigenvalue weighted by molar-refractivity contribution is 5.27. The van der Waals surface area contributed by atoms with E-state index in [0.717, 1.165) is 24.9 Å². The van der Waals surface area contributed by atoms with Crippen LogP contribution in [0.15, 0.2) is 24.3 Å². The predicted molar refractivity (Wildman–Crippen MR) is 87.0 cm³/mol. The van der Waals surface area contributed by atoms with Crippen molar-refractivity contribution in [2.45, 2.75) is 65.5 Å². The molecule has 0 spiro atoms. The maximum atomic E-state index is 10.4. The molecular formula is C18H31NO. The van der Waals surface area contributed by atoms with Crippen molar-refractivity contribution in [1.29, 1.82) is 0 Å². The Kier molecular flexibility index (Phi) is 7.25. The second-order valence-corrected chi connectivity index (χ2v) is 6.35. The Morgan fingerprint density at radius 2 is 1.55 bits per heavy atom. The average Bonchev–Trinajstić information content (AvgIpc) is 2.45. The fraction of sp³-hybridized carbons (Fsp3) is 0.667. The molecule has 2 N–H and O–H groups in total. The lowest BCUT2D eigenvalue weighted by Crippen LogP contribution is -2.33. The number of nitrogens with one attached hydrogen (secondary N) is 1. The van der Waals surface area contributed by atoms with Gasteiger partial charge in [0.2, 0.25) is 0 Å². The first-order valence-electron chi connectivity index (χ1n) is 7.97. The van der Waals surface area contributed by atoms with Gasteiger partial charge in [-0.05, 0) is 49.3 Å². The van der Waals surface area contributed by atoms with E-state index in [-0.39, 0.29) is 6.04 Å². The van der Waals surface area contributed by atoms with E-state index in [2.05, 4.69) is 57.3 Å². The fourth-order valence-corrected chi connectivity index (χ4v) is 2.26. The summed E-state index contributed by atoms with van der Waals surface area (Å²) in [4.78, 5) is 0. The molecule has 1 aromatic carbocycles. The third kappa shape index (κ3) is 5.26. The van der Waals surface area contributed by atoms with Crippen LogP contribution < -0.4 is 5.32 Å². The van der Waals surface area contributed by atoms with E-state index in [4.69, 9.17) is 0 Å². The summed E-state index contributed by atoms with van der Waals surface area (Å²) >= 11 is 0. The normalized spacial score (nSPS) is 16.1. The second kappa shape index (κ2) is 8.43. The molecule has 0 saturated heterocycles. The molecule has 0 aliphatic rings. The van der Waals surface area contributed by atoms with E-state index >= 15 is 0 Å². The van der Waals surface area contributed by atoms with Crippen LogP contribution in [0.4, 0.5) is 0 Å². The van der Waals surface area contributed by atoms with E-state index < -0.39 is 6.10 Å². The van der Waals surface area contributed by atoms with E-state index in [0.29, 0.717) is 11.8 Å². The number of hydrogen-bond acceptors (Lipinski definition) is 2. The quantitative estimate of drug-likeness (QED) is 0.744. The number of aliphatic hydroxyl groups is 1. The van der Waals surface area contributed by atoms with Crippen LogP contribution in [0.5, 0.6) is 0 Å². The van der Waals surface area contributed by atoms with Crippen LogP contribution in [0.1, 0.15) is 70.6 Å². The van der Waals surface area contributed by atoms with Gasteiger partial charge in [-0.2, -0.15) is 0 Å². The van der Waals surface area contributed by atoms with Crippen molar-refractivity contribution < 1.29 is 5.11 Å². The van der Waals surface area contributed by atoms with Crippen LogP contribution in [0.3, 0.4) is 0 Å². The summed E-state index contributed by atoms with van der Waals surface area (Å²) in [7, 11) is 0. The van der Waals surface area contributed by atoms with Gasteiger partial charge in [0.25, 0.3) is 0 Å². The molecule has 0 fully saturated rings. The second-order valence-electron chi connectivity index (χ2n) is 6.35. The van der Waals surface area contributed by atoms with Gasteiger partial charge in [0.1, 0.15) is 0 Å². The Bertz CT molecular complexity index is 372. The molecule has 0 aliphatic carbocycles. The maximum Gasteiger partial charge on any atom is 0.0940 e.